The van der Waals surface area contributed by atoms with Crippen molar-refractivity contribution in [1.82, 2.24) is 10.8 Å². The molecule has 0 aliphatic heterocycles. The molecule has 1 amide bonds. The van der Waals surface area contributed by atoms with Gasteiger partial charge < -0.3 is 10.1 Å². The van der Waals surface area contributed by atoms with Crippen LogP contribution in [0.1, 0.15) is 22.7 Å². The fourth-order valence-corrected chi connectivity index (χ4v) is 2.95. The molecule has 0 unspecified atom stereocenters. The van der Waals surface area contributed by atoms with Crippen molar-refractivity contribution in [3.8, 4) is 5.75 Å². The van der Waals surface area contributed by atoms with Crippen LogP contribution in [0.25, 0.3) is 6.08 Å². The number of hydrogen-bond acceptors (Lipinski definition) is 4. The molecule has 6 heteroatoms. The first-order chi connectivity index (χ1) is 14.7. The smallest absolute Gasteiger partial charge is 0.244 e. The highest BCUT2D eigenvalue weighted by molar-refractivity contribution is 7.80. The zero-order valence-corrected chi connectivity index (χ0v) is 17.0. The second-order valence-corrected chi connectivity index (χ2v) is 6.90. The van der Waals surface area contributed by atoms with E-state index >= 15 is 0 Å². The molecule has 3 rings (SSSR count). The number of amides is 1. The Bertz CT molecular complexity index is 990. The van der Waals surface area contributed by atoms with Crippen LogP contribution in [0.3, 0.4) is 0 Å². The first-order valence-corrected chi connectivity index (χ1v) is 9.82. The summed E-state index contributed by atoms with van der Waals surface area (Å²) in [4.78, 5) is 12.7. The minimum Gasteiger partial charge on any atom is -0.491 e. The summed E-state index contributed by atoms with van der Waals surface area (Å²) in [7, 11) is 0. The van der Waals surface area contributed by atoms with E-state index in [1.165, 1.54) is 6.08 Å². The largest absolute Gasteiger partial charge is 0.491 e. The minimum absolute atomic E-state index is 0.203. The maximum atomic E-state index is 12.5. The summed E-state index contributed by atoms with van der Waals surface area (Å²) in [6, 6.07) is 26.0. The van der Waals surface area contributed by atoms with E-state index in [1.54, 1.807) is 30.3 Å². The molecule has 30 heavy (non-hydrogen) atoms. The first-order valence-electron chi connectivity index (χ1n) is 9.41. The van der Waals surface area contributed by atoms with Crippen molar-refractivity contribution in [2.75, 3.05) is 6.61 Å². The average Bonchev–Trinajstić information content (AvgIpc) is 2.81. The lowest BCUT2D eigenvalue weighted by Crippen LogP contribution is -2.31. The van der Waals surface area contributed by atoms with Crippen molar-refractivity contribution in [3.63, 3.8) is 0 Å². The lowest BCUT2D eigenvalue weighted by atomic mass is 10.1. The summed E-state index contributed by atoms with van der Waals surface area (Å²) in [5.74, 6) is 0.431. The van der Waals surface area contributed by atoms with Crippen molar-refractivity contribution in [1.29, 1.82) is 0 Å². The molecule has 0 spiro atoms. The Hall–Kier alpha value is -3.48. The molecule has 3 N–H and O–H groups in total. The van der Waals surface area contributed by atoms with Gasteiger partial charge in [0, 0.05) is 11.6 Å². The van der Waals surface area contributed by atoms with E-state index in [1.807, 2.05) is 66.1 Å². The van der Waals surface area contributed by atoms with Crippen LogP contribution >= 0.6 is 12.2 Å². The fraction of sp³-hybridized carbons (Fsp3) is 0.0833. The number of carbonyl (C=O) groups is 1. The van der Waals surface area contributed by atoms with Crippen LogP contribution in [0.4, 0.5) is 0 Å². The van der Waals surface area contributed by atoms with Gasteiger partial charge in [-0.2, -0.15) is 0 Å². The normalized spacial score (nSPS) is 11.6. The van der Waals surface area contributed by atoms with Gasteiger partial charge in [-0.25, -0.2) is 0 Å². The number of benzene rings is 3. The van der Waals surface area contributed by atoms with Gasteiger partial charge in [0.15, 0.2) is 0 Å². The van der Waals surface area contributed by atoms with Crippen molar-refractivity contribution in [2.24, 2.45) is 0 Å². The Balaban J connectivity index is 1.66. The number of rotatable bonds is 8. The van der Waals surface area contributed by atoms with Crippen LogP contribution in [0, 0.1) is 0 Å². The predicted molar refractivity (Wildman–Crippen MR) is 121 cm³/mol. The highest BCUT2D eigenvalue weighted by Crippen LogP contribution is 2.18. The SMILES string of the molecule is O=C(C=Cc1ccccc1)N[C@H](COc1ccc(C(=S)NO)cc1)c1ccccc1. The van der Waals surface area contributed by atoms with E-state index in [0.29, 0.717) is 11.3 Å². The molecule has 5 nitrogen and oxygen atoms in total. The van der Waals surface area contributed by atoms with Crippen molar-refractivity contribution < 1.29 is 14.7 Å². The lowest BCUT2D eigenvalue weighted by molar-refractivity contribution is -0.117. The third-order valence-corrected chi connectivity index (χ3v) is 4.71. The fourth-order valence-electron chi connectivity index (χ4n) is 2.81. The molecule has 3 aromatic rings. The maximum Gasteiger partial charge on any atom is 0.244 e. The molecular weight excluding hydrogens is 396 g/mol. The summed E-state index contributed by atoms with van der Waals surface area (Å²) >= 11 is 4.99. The van der Waals surface area contributed by atoms with Crippen LogP contribution in [0.2, 0.25) is 0 Å². The second-order valence-electron chi connectivity index (χ2n) is 6.49. The van der Waals surface area contributed by atoms with Gasteiger partial charge in [-0.05, 0) is 41.5 Å². The number of hydroxylamine groups is 1. The predicted octanol–water partition coefficient (Wildman–Crippen LogP) is 4.29. The maximum absolute atomic E-state index is 12.5. The van der Waals surface area contributed by atoms with Crippen LogP contribution in [-0.4, -0.2) is 22.7 Å². The number of hydrogen-bond donors (Lipinski definition) is 3. The molecule has 152 valence electrons. The van der Waals surface area contributed by atoms with Gasteiger partial charge in [-0.15, -0.1) is 0 Å². The van der Waals surface area contributed by atoms with Gasteiger partial charge in [0.1, 0.15) is 17.3 Å². The number of nitrogens with one attached hydrogen (secondary N) is 2. The van der Waals surface area contributed by atoms with Crippen molar-refractivity contribution in [3.05, 3.63) is 108 Å². The molecule has 0 saturated heterocycles. The van der Waals surface area contributed by atoms with E-state index in [2.05, 4.69) is 5.32 Å². The summed E-state index contributed by atoms with van der Waals surface area (Å²) < 4.78 is 5.89. The molecule has 0 radical (unpaired) electrons. The van der Waals surface area contributed by atoms with Gasteiger partial charge in [-0.1, -0.05) is 72.9 Å². The van der Waals surface area contributed by atoms with E-state index < -0.39 is 0 Å². The molecule has 1 atom stereocenters. The molecule has 0 bridgehead atoms. The molecule has 0 heterocycles. The Morgan fingerprint density at radius 3 is 2.23 bits per heavy atom. The summed E-state index contributed by atoms with van der Waals surface area (Å²) in [6.45, 7) is 0.261. The number of ether oxygens (including phenoxy) is 1. The molecule has 0 fully saturated rings. The molecule has 0 aliphatic carbocycles. The first kappa shape index (κ1) is 21.2. The molecule has 0 aromatic heterocycles. The third kappa shape index (κ3) is 6.27. The molecule has 0 saturated carbocycles. The summed E-state index contributed by atoms with van der Waals surface area (Å²) in [6.07, 6.45) is 3.29. The van der Waals surface area contributed by atoms with Gasteiger partial charge in [0.05, 0.1) is 6.04 Å². The summed E-state index contributed by atoms with van der Waals surface area (Å²) in [5, 5.41) is 11.9. The van der Waals surface area contributed by atoms with E-state index in [0.717, 1.165) is 11.1 Å². The van der Waals surface area contributed by atoms with Crippen molar-refractivity contribution in [2.45, 2.75) is 6.04 Å². The third-order valence-electron chi connectivity index (χ3n) is 4.38. The number of thiocarbonyl (C=S) groups is 1. The zero-order chi connectivity index (χ0) is 21.2. The van der Waals surface area contributed by atoms with Crippen LogP contribution in [-0.2, 0) is 4.79 Å². The Morgan fingerprint density at radius 1 is 0.967 bits per heavy atom. The van der Waals surface area contributed by atoms with E-state index in [-0.39, 0.29) is 23.5 Å². The van der Waals surface area contributed by atoms with E-state index in [9.17, 15) is 4.79 Å². The van der Waals surface area contributed by atoms with Crippen molar-refractivity contribution >= 4 is 29.2 Å². The monoisotopic (exact) mass is 418 g/mol. The minimum atomic E-state index is -0.320. The van der Waals surface area contributed by atoms with Gasteiger partial charge >= 0.3 is 0 Å². The van der Waals surface area contributed by atoms with Crippen LogP contribution in [0.15, 0.2) is 91.0 Å². The van der Waals surface area contributed by atoms with Gasteiger partial charge in [0.2, 0.25) is 5.91 Å². The topological polar surface area (TPSA) is 70.6 Å². The second kappa shape index (κ2) is 10.9. The van der Waals surface area contributed by atoms with Gasteiger partial charge in [-0.3, -0.25) is 15.5 Å². The highest BCUT2D eigenvalue weighted by Gasteiger charge is 2.14. The Kier molecular flexibility index (Phi) is 7.71. The Morgan fingerprint density at radius 2 is 1.60 bits per heavy atom. The average molecular weight is 419 g/mol. The van der Waals surface area contributed by atoms with E-state index in [4.69, 9.17) is 22.2 Å². The Labute approximate surface area is 181 Å². The lowest BCUT2D eigenvalue weighted by Gasteiger charge is -2.19. The molecular formula is C24H22N2O3S. The van der Waals surface area contributed by atoms with Crippen LogP contribution < -0.4 is 15.5 Å². The zero-order valence-electron chi connectivity index (χ0n) is 16.2. The molecule has 3 aromatic carbocycles. The van der Waals surface area contributed by atoms with Crippen LogP contribution in [0.5, 0.6) is 5.75 Å². The summed E-state index contributed by atoms with van der Waals surface area (Å²) in [5.41, 5.74) is 4.53. The van der Waals surface area contributed by atoms with Gasteiger partial charge in [0.25, 0.3) is 0 Å². The molecule has 0 aliphatic rings. The number of carbonyl (C=O) groups excluding carboxylic acids is 1. The highest BCUT2D eigenvalue weighted by atomic mass is 32.1. The quantitative estimate of drug-likeness (QED) is 0.289. The standard InChI is InChI=1S/C24H22N2O3S/c27-23(16-11-18-7-3-1-4-8-18)25-22(19-9-5-2-6-10-19)17-29-21-14-12-20(13-15-21)24(30)26-28/h1-16,22,28H,17H2,(H,25,27)(H,26,30)/t22-/m1/s1.